The minimum atomic E-state index is -0.454. The highest BCUT2D eigenvalue weighted by Crippen LogP contribution is 2.40. The van der Waals surface area contributed by atoms with Gasteiger partial charge in [0.1, 0.15) is 29.6 Å². The molecule has 5 heterocycles. The van der Waals surface area contributed by atoms with Gasteiger partial charge in [0.2, 0.25) is 0 Å². The average molecular weight is 517 g/mol. The zero-order chi connectivity index (χ0) is 27.2. The summed E-state index contributed by atoms with van der Waals surface area (Å²) >= 11 is 0. The fourth-order valence-electron chi connectivity index (χ4n) is 5.77. The highest BCUT2D eigenvalue weighted by molar-refractivity contribution is 5.86. The highest BCUT2D eigenvalue weighted by atomic mass is 16.6. The second kappa shape index (κ2) is 12.4. The predicted octanol–water partition coefficient (Wildman–Crippen LogP) is 5.61. The maximum Gasteiger partial charge on any atom is 0.410 e. The molecule has 9 nitrogen and oxygen atoms in total. The van der Waals surface area contributed by atoms with Gasteiger partial charge in [-0.1, -0.05) is 27.7 Å². The van der Waals surface area contributed by atoms with Crippen LogP contribution in [0.5, 0.6) is 0 Å². The number of ether oxygens (including phenoxy) is 2. The van der Waals surface area contributed by atoms with Crippen molar-refractivity contribution in [3.63, 3.8) is 0 Å². The van der Waals surface area contributed by atoms with Gasteiger partial charge in [0.05, 0.1) is 11.5 Å². The van der Waals surface area contributed by atoms with Gasteiger partial charge in [-0.25, -0.2) is 14.8 Å². The second-order valence-corrected chi connectivity index (χ2v) is 10.8. The third-order valence-electron chi connectivity index (χ3n) is 7.45. The molecule has 0 aromatic carbocycles. The average Bonchev–Trinajstić information content (AvgIpc) is 3.61. The number of nitrogens with zero attached hydrogens (tertiary/aromatic N) is 5. The van der Waals surface area contributed by atoms with Crippen LogP contribution >= 0.6 is 0 Å². The van der Waals surface area contributed by atoms with Crippen molar-refractivity contribution in [1.29, 1.82) is 0 Å². The number of nitrogens with two attached hydrogens (primary N) is 1. The lowest BCUT2D eigenvalue weighted by Gasteiger charge is -2.45. The summed E-state index contributed by atoms with van der Waals surface area (Å²) in [4.78, 5) is 25.5. The number of carbonyl (C=O) groups excluding carboxylic acids is 1. The molecule has 3 aliphatic rings. The van der Waals surface area contributed by atoms with Crippen molar-refractivity contribution in [1.82, 2.24) is 24.3 Å². The first-order chi connectivity index (χ1) is 17.7. The molecule has 3 aliphatic heterocycles. The molecular weight excluding hydrogens is 468 g/mol. The van der Waals surface area contributed by atoms with Gasteiger partial charge >= 0.3 is 6.09 Å². The summed E-state index contributed by atoms with van der Waals surface area (Å²) in [5.74, 6) is 0.505. The quantitative estimate of drug-likeness (QED) is 0.566. The minimum absolute atomic E-state index is 0.0191. The minimum Gasteiger partial charge on any atom is -0.444 e. The van der Waals surface area contributed by atoms with Gasteiger partial charge in [-0.05, 0) is 71.9 Å². The van der Waals surface area contributed by atoms with E-state index in [0.29, 0.717) is 5.82 Å². The Hall–Kier alpha value is -2.39. The van der Waals surface area contributed by atoms with Crippen molar-refractivity contribution in [3.05, 3.63) is 18.6 Å². The predicted molar refractivity (Wildman–Crippen MR) is 148 cm³/mol. The number of amides is 1. The van der Waals surface area contributed by atoms with Crippen LogP contribution in [-0.2, 0) is 9.47 Å². The number of rotatable bonds is 3. The topological polar surface area (TPSA) is 98.7 Å². The monoisotopic (exact) mass is 516 g/mol. The molecular formula is C28H48N6O3. The molecule has 0 aliphatic carbocycles. The van der Waals surface area contributed by atoms with Crippen molar-refractivity contribution in [2.45, 2.75) is 110 Å². The van der Waals surface area contributed by atoms with Crippen LogP contribution in [0, 0.1) is 0 Å². The van der Waals surface area contributed by atoms with Gasteiger partial charge in [-0.15, -0.1) is 0 Å². The maximum absolute atomic E-state index is 12.5. The van der Waals surface area contributed by atoms with E-state index in [2.05, 4.69) is 19.4 Å². The van der Waals surface area contributed by atoms with Crippen LogP contribution in [0.2, 0.25) is 0 Å². The first-order valence-corrected chi connectivity index (χ1v) is 14.2. The van der Waals surface area contributed by atoms with Crippen LogP contribution in [0.25, 0.3) is 11.0 Å². The molecule has 2 aromatic rings. The van der Waals surface area contributed by atoms with Gasteiger partial charge in [0.25, 0.3) is 0 Å². The Morgan fingerprint density at radius 1 is 1.11 bits per heavy atom. The van der Waals surface area contributed by atoms with Crippen LogP contribution in [0.15, 0.2) is 18.6 Å². The third kappa shape index (κ3) is 6.55. The van der Waals surface area contributed by atoms with Crippen LogP contribution in [-0.4, -0.2) is 73.9 Å². The Morgan fingerprint density at radius 3 is 2.49 bits per heavy atom. The first-order valence-electron chi connectivity index (χ1n) is 14.2. The van der Waals surface area contributed by atoms with Crippen LogP contribution < -0.4 is 5.73 Å². The van der Waals surface area contributed by atoms with Crippen molar-refractivity contribution >= 4 is 22.9 Å². The van der Waals surface area contributed by atoms with E-state index in [0.717, 1.165) is 62.9 Å². The van der Waals surface area contributed by atoms with E-state index in [4.69, 9.17) is 15.2 Å². The highest BCUT2D eigenvalue weighted by Gasteiger charge is 2.45. The van der Waals surface area contributed by atoms with E-state index in [1.54, 1.807) is 0 Å². The lowest BCUT2D eigenvalue weighted by Crippen LogP contribution is -2.55. The van der Waals surface area contributed by atoms with E-state index >= 15 is 0 Å². The fourth-order valence-corrected chi connectivity index (χ4v) is 5.77. The first kappa shape index (κ1) is 29.2. The van der Waals surface area contributed by atoms with Crippen LogP contribution in [0.1, 0.15) is 93.2 Å². The molecule has 9 heteroatoms. The molecule has 3 saturated heterocycles. The second-order valence-electron chi connectivity index (χ2n) is 10.8. The molecule has 37 heavy (non-hydrogen) atoms. The van der Waals surface area contributed by atoms with Gasteiger partial charge in [0, 0.05) is 31.4 Å². The summed E-state index contributed by atoms with van der Waals surface area (Å²) in [6, 6.07) is 1.97. The normalized spacial score (nSPS) is 23.4. The van der Waals surface area contributed by atoms with Crippen LogP contribution in [0.3, 0.4) is 0 Å². The molecule has 1 spiro atoms. The number of fused-ring (bicyclic) bond motifs is 1. The number of piperidine rings is 1. The fraction of sp³-hybridized carbons (Fsp3) is 0.750. The summed E-state index contributed by atoms with van der Waals surface area (Å²) in [6.45, 7) is 17.3. The van der Waals surface area contributed by atoms with Crippen molar-refractivity contribution in [2.75, 3.05) is 31.9 Å². The number of nitrogen functional groups attached to an aromatic ring is 1. The Kier molecular flexibility index (Phi) is 9.80. The Bertz CT molecular complexity index is 1010. The summed E-state index contributed by atoms with van der Waals surface area (Å²) in [5, 5.41) is 0.875. The molecule has 208 valence electrons. The molecule has 1 amide bonds. The molecule has 0 radical (unpaired) electrons. The number of likely N-dealkylation sites (tertiary alicyclic amines) is 2. The Labute approximate surface area is 222 Å². The molecule has 2 N–H and O–H groups in total. The van der Waals surface area contributed by atoms with Gasteiger partial charge in [0.15, 0.2) is 0 Å². The smallest absolute Gasteiger partial charge is 0.410 e. The number of aromatic nitrogens is 3. The largest absolute Gasteiger partial charge is 0.444 e. The zero-order valence-electron chi connectivity index (χ0n) is 24.0. The standard InChI is InChI=1S/C24H36N6O3.2C2H6/c1-23(2,3)33-22(31)28-13-9-24(10-14-28)8-4-11-29(24)15-17-5-6-19(32-17)30-12-7-18-20(25)26-16-27-21(18)30;2*1-2/h7,12,16-17,19H,4-6,8-11,13-15H2,1-3H3,(H2,25,26,27);2*1-2H3. The lowest BCUT2D eigenvalue weighted by atomic mass is 9.85. The SMILES string of the molecule is CC.CC.CC(C)(C)OC(=O)N1CCC2(CCCN2CC2CCC(n3ccc4c(N)ncnc43)O2)CC1. The zero-order valence-corrected chi connectivity index (χ0v) is 24.0. The van der Waals surface area contributed by atoms with Crippen molar-refractivity contribution < 1.29 is 14.3 Å². The third-order valence-corrected chi connectivity index (χ3v) is 7.45. The number of hydrogen-bond acceptors (Lipinski definition) is 7. The molecule has 0 bridgehead atoms. The summed E-state index contributed by atoms with van der Waals surface area (Å²) in [5.41, 5.74) is 6.56. The van der Waals surface area contributed by atoms with E-state index in [1.165, 1.54) is 19.2 Å². The molecule has 3 fully saturated rings. The summed E-state index contributed by atoms with van der Waals surface area (Å²) in [7, 11) is 0. The summed E-state index contributed by atoms with van der Waals surface area (Å²) < 4.78 is 14.2. The maximum atomic E-state index is 12.5. The number of carbonyl (C=O) groups is 1. The van der Waals surface area contributed by atoms with Crippen LogP contribution in [0.4, 0.5) is 10.6 Å². The lowest BCUT2D eigenvalue weighted by molar-refractivity contribution is -0.0364. The molecule has 5 rings (SSSR count). The molecule has 0 saturated carbocycles. The van der Waals surface area contributed by atoms with Crippen molar-refractivity contribution in [3.8, 4) is 0 Å². The van der Waals surface area contributed by atoms with Crippen molar-refractivity contribution in [2.24, 2.45) is 0 Å². The van der Waals surface area contributed by atoms with Gasteiger partial charge in [-0.2, -0.15) is 0 Å². The Balaban J connectivity index is 0.000000907. The van der Waals surface area contributed by atoms with E-state index in [9.17, 15) is 4.79 Å². The molecule has 2 unspecified atom stereocenters. The molecule has 2 atom stereocenters. The van der Waals surface area contributed by atoms with Gasteiger partial charge < -0.3 is 24.7 Å². The number of hydrogen-bond donors (Lipinski definition) is 1. The van der Waals surface area contributed by atoms with Gasteiger partial charge in [-0.3, -0.25) is 4.90 Å². The van der Waals surface area contributed by atoms with E-state index in [-0.39, 0.29) is 24.0 Å². The number of anilines is 1. The Morgan fingerprint density at radius 2 is 1.81 bits per heavy atom. The molecule has 2 aromatic heterocycles. The van der Waals surface area contributed by atoms with E-state index in [1.807, 2.05) is 65.6 Å². The van der Waals surface area contributed by atoms with E-state index < -0.39 is 5.60 Å². The summed E-state index contributed by atoms with van der Waals surface area (Å²) in [6.07, 6.45) is 9.91.